The molecule has 3 heteroatoms. The summed E-state index contributed by atoms with van der Waals surface area (Å²) in [4.78, 5) is 0. The van der Waals surface area contributed by atoms with Gasteiger partial charge in [-0.05, 0) is 48.1 Å². The highest BCUT2D eigenvalue weighted by Gasteiger charge is 2.38. The van der Waals surface area contributed by atoms with E-state index in [4.69, 9.17) is 8.85 Å². The van der Waals surface area contributed by atoms with Crippen LogP contribution in [0.5, 0.6) is 0 Å². The molecule has 90 valence electrons. The van der Waals surface area contributed by atoms with E-state index >= 15 is 0 Å². The molecule has 0 amide bonds. The van der Waals surface area contributed by atoms with Crippen LogP contribution in [0, 0.1) is 0 Å². The summed E-state index contributed by atoms with van der Waals surface area (Å²) < 4.78 is 12.2. The lowest BCUT2D eigenvalue weighted by atomic mass is 10.2. The molecule has 0 saturated carbocycles. The molecule has 0 aliphatic heterocycles. The first-order chi connectivity index (χ1) is 6.47. The van der Waals surface area contributed by atoms with Gasteiger partial charge in [-0.25, -0.2) is 0 Å². The van der Waals surface area contributed by atoms with Crippen molar-refractivity contribution in [2.75, 3.05) is 0 Å². The Hall–Kier alpha value is -0.123. The molecule has 0 unspecified atom stereocenters. The zero-order chi connectivity index (χ0) is 12.3. The molecule has 0 fully saturated rings. The van der Waals surface area contributed by atoms with Crippen LogP contribution in [-0.2, 0) is 8.85 Å². The quantitative estimate of drug-likeness (QED) is 0.539. The highest BCUT2D eigenvalue weighted by atomic mass is 28.4. The third kappa shape index (κ3) is 7.77. The Kier molecular flexibility index (Phi) is 4.77. The third-order valence-corrected chi connectivity index (χ3v) is 4.68. The summed E-state index contributed by atoms with van der Waals surface area (Å²) in [6.07, 6.45) is 1.89. The van der Waals surface area contributed by atoms with Crippen molar-refractivity contribution in [2.45, 2.75) is 65.3 Å². The van der Waals surface area contributed by atoms with Crippen LogP contribution in [0.2, 0.25) is 12.6 Å². The van der Waals surface area contributed by atoms with Gasteiger partial charge in [-0.1, -0.05) is 6.08 Å². The van der Waals surface area contributed by atoms with Crippen LogP contribution in [0.15, 0.2) is 12.7 Å². The largest absolute Gasteiger partial charge is 0.389 e. The maximum Gasteiger partial charge on any atom is 0.339 e. The fraction of sp³-hybridized carbons (Fsp3) is 0.833. The van der Waals surface area contributed by atoms with Gasteiger partial charge in [-0.3, -0.25) is 0 Å². The molecule has 0 rings (SSSR count). The molecule has 15 heavy (non-hydrogen) atoms. The Labute approximate surface area is 95.9 Å². The molecule has 0 aromatic heterocycles. The van der Waals surface area contributed by atoms with Gasteiger partial charge in [0.2, 0.25) is 0 Å². The van der Waals surface area contributed by atoms with Crippen LogP contribution in [0.1, 0.15) is 41.5 Å². The first-order valence-corrected chi connectivity index (χ1v) is 8.01. The summed E-state index contributed by atoms with van der Waals surface area (Å²) in [5, 5.41) is 0. The molecule has 0 saturated heterocycles. The monoisotopic (exact) mass is 230 g/mol. The molecule has 0 heterocycles. The van der Waals surface area contributed by atoms with Gasteiger partial charge < -0.3 is 8.85 Å². The summed E-state index contributed by atoms with van der Waals surface area (Å²) in [7, 11) is -2.14. The van der Waals surface area contributed by atoms with E-state index in [0.29, 0.717) is 0 Å². The molecular formula is C12H26O2Si. The van der Waals surface area contributed by atoms with Gasteiger partial charge in [0.25, 0.3) is 0 Å². The predicted molar refractivity (Wildman–Crippen MR) is 68.3 cm³/mol. The molecule has 0 radical (unpaired) electrons. The average Bonchev–Trinajstić information content (AvgIpc) is 1.74. The van der Waals surface area contributed by atoms with Crippen molar-refractivity contribution in [3.63, 3.8) is 0 Å². The number of allylic oxidation sites excluding steroid dienone is 1. The molecule has 0 bridgehead atoms. The molecule has 0 aromatic rings. The maximum absolute atomic E-state index is 6.09. The van der Waals surface area contributed by atoms with Crippen molar-refractivity contribution < 1.29 is 8.85 Å². The second kappa shape index (κ2) is 4.81. The van der Waals surface area contributed by atoms with E-state index in [2.05, 4.69) is 54.7 Å². The van der Waals surface area contributed by atoms with Crippen LogP contribution in [0.25, 0.3) is 0 Å². The van der Waals surface area contributed by atoms with Crippen molar-refractivity contribution in [3.05, 3.63) is 12.7 Å². The molecule has 0 aromatic carbocycles. The van der Waals surface area contributed by atoms with Crippen molar-refractivity contribution in [1.82, 2.24) is 0 Å². The first-order valence-electron chi connectivity index (χ1n) is 5.49. The SMILES string of the molecule is C=CC[Si](C)(OC(C)(C)C)OC(C)(C)C. The van der Waals surface area contributed by atoms with E-state index in [1.165, 1.54) is 0 Å². The van der Waals surface area contributed by atoms with Gasteiger partial charge in [0.1, 0.15) is 0 Å². The Balaban J connectivity index is 4.66. The maximum atomic E-state index is 6.09. The van der Waals surface area contributed by atoms with Crippen molar-refractivity contribution in [2.24, 2.45) is 0 Å². The Morgan fingerprint density at radius 1 is 1.00 bits per heavy atom. The zero-order valence-corrected chi connectivity index (χ0v) is 12.3. The van der Waals surface area contributed by atoms with Gasteiger partial charge in [0, 0.05) is 6.04 Å². The highest BCUT2D eigenvalue weighted by molar-refractivity contribution is 6.66. The van der Waals surface area contributed by atoms with E-state index in [1.54, 1.807) is 0 Å². The Morgan fingerprint density at radius 2 is 1.33 bits per heavy atom. The van der Waals surface area contributed by atoms with Crippen molar-refractivity contribution in [3.8, 4) is 0 Å². The van der Waals surface area contributed by atoms with Crippen molar-refractivity contribution in [1.29, 1.82) is 0 Å². The average molecular weight is 230 g/mol. The first kappa shape index (κ1) is 14.9. The second-order valence-corrected chi connectivity index (χ2v) is 9.14. The van der Waals surface area contributed by atoms with Gasteiger partial charge in [0.15, 0.2) is 0 Å². The predicted octanol–water partition coefficient (Wildman–Crippen LogP) is 3.87. The van der Waals surface area contributed by atoms with E-state index in [9.17, 15) is 0 Å². The summed E-state index contributed by atoms with van der Waals surface area (Å²) in [6.45, 7) is 18.3. The molecule has 2 nitrogen and oxygen atoms in total. The Morgan fingerprint density at radius 3 is 1.53 bits per heavy atom. The highest BCUT2D eigenvalue weighted by Crippen LogP contribution is 2.26. The molecule has 0 spiro atoms. The van der Waals surface area contributed by atoms with Crippen LogP contribution in [0.3, 0.4) is 0 Å². The van der Waals surface area contributed by atoms with Crippen LogP contribution < -0.4 is 0 Å². The van der Waals surface area contributed by atoms with Gasteiger partial charge in [-0.15, -0.1) is 6.58 Å². The summed E-state index contributed by atoms with van der Waals surface area (Å²) in [5.74, 6) is 0. The zero-order valence-electron chi connectivity index (χ0n) is 11.3. The smallest absolute Gasteiger partial charge is 0.339 e. The van der Waals surface area contributed by atoms with E-state index < -0.39 is 8.56 Å². The molecule has 0 aliphatic carbocycles. The topological polar surface area (TPSA) is 18.5 Å². The van der Waals surface area contributed by atoms with E-state index in [0.717, 1.165) is 6.04 Å². The number of rotatable bonds is 4. The minimum absolute atomic E-state index is 0.158. The normalized spacial score (nSPS) is 14.1. The van der Waals surface area contributed by atoms with Crippen LogP contribution in [0.4, 0.5) is 0 Å². The van der Waals surface area contributed by atoms with Gasteiger partial charge in [0.05, 0.1) is 11.2 Å². The lowest BCUT2D eigenvalue weighted by molar-refractivity contribution is 0.0191. The van der Waals surface area contributed by atoms with Gasteiger partial charge in [-0.2, -0.15) is 0 Å². The molecule has 0 aliphatic rings. The fourth-order valence-electron chi connectivity index (χ4n) is 1.66. The summed E-state index contributed by atoms with van der Waals surface area (Å²) in [5.41, 5.74) is -0.315. The minimum atomic E-state index is -2.14. The number of hydrogen-bond donors (Lipinski definition) is 0. The summed E-state index contributed by atoms with van der Waals surface area (Å²) in [6, 6.07) is 0.821. The standard InChI is InChI=1S/C12H26O2Si/c1-9-10-15(8,13-11(2,3)4)14-12(5,6)7/h9H,1,10H2,2-8H3. The van der Waals surface area contributed by atoms with E-state index in [1.807, 2.05) is 6.08 Å². The second-order valence-electron chi connectivity index (χ2n) is 6.06. The third-order valence-electron chi connectivity index (χ3n) is 1.56. The molecule has 0 N–H and O–H groups in total. The van der Waals surface area contributed by atoms with E-state index in [-0.39, 0.29) is 11.2 Å². The molecule has 0 atom stereocenters. The number of hydrogen-bond acceptors (Lipinski definition) is 2. The Bertz CT molecular complexity index is 195. The lowest BCUT2D eigenvalue weighted by Gasteiger charge is -2.38. The van der Waals surface area contributed by atoms with Gasteiger partial charge >= 0.3 is 8.56 Å². The minimum Gasteiger partial charge on any atom is -0.389 e. The van der Waals surface area contributed by atoms with Crippen molar-refractivity contribution >= 4 is 8.56 Å². The lowest BCUT2D eigenvalue weighted by Crippen LogP contribution is -2.48. The fourth-order valence-corrected chi connectivity index (χ4v) is 4.99. The van der Waals surface area contributed by atoms with Crippen LogP contribution in [-0.4, -0.2) is 19.8 Å². The summed E-state index contributed by atoms with van der Waals surface area (Å²) >= 11 is 0. The molecular weight excluding hydrogens is 204 g/mol. The van der Waals surface area contributed by atoms with Crippen LogP contribution >= 0.6 is 0 Å².